The van der Waals surface area contributed by atoms with Crippen LogP contribution in [0.1, 0.15) is 54.2 Å². The van der Waals surface area contributed by atoms with Crippen molar-refractivity contribution < 1.29 is 4.74 Å². The first kappa shape index (κ1) is 21.9. The van der Waals surface area contributed by atoms with Crippen LogP contribution in [-0.2, 0) is 30.7 Å². The van der Waals surface area contributed by atoms with Crippen molar-refractivity contribution in [3.63, 3.8) is 0 Å². The predicted octanol–water partition coefficient (Wildman–Crippen LogP) is 2.52. The topological polar surface area (TPSA) is 93.0 Å². The van der Waals surface area contributed by atoms with Crippen molar-refractivity contribution in [2.24, 2.45) is 5.73 Å². The van der Waals surface area contributed by atoms with E-state index in [1.165, 1.54) is 11.3 Å². The van der Waals surface area contributed by atoms with Gasteiger partial charge in [-0.25, -0.2) is 9.97 Å². The minimum absolute atomic E-state index is 0. The van der Waals surface area contributed by atoms with Crippen LogP contribution in [0.15, 0.2) is 6.07 Å². The van der Waals surface area contributed by atoms with Crippen molar-refractivity contribution in [2.45, 2.75) is 57.7 Å². The Hall–Kier alpha value is -1.41. The fourth-order valence-corrected chi connectivity index (χ4v) is 3.81. The van der Waals surface area contributed by atoms with Crippen LogP contribution in [0.3, 0.4) is 0 Å². The van der Waals surface area contributed by atoms with Crippen LogP contribution in [0.25, 0.3) is 0 Å². The number of methoxy groups -OCH3 is 1. The van der Waals surface area contributed by atoms with Crippen molar-refractivity contribution >= 4 is 30.6 Å². The van der Waals surface area contributed by atoms with Gasteiger partial charge in [-0.15, -0.1) is 24.8 Å². The van der Waals surface area contributed by atoms with E-state index in [1.807, 2.05) is 0 Å². The molecule has 0 saturated heterocycles. The maximum Gasteiger partial charge on any atom is 0.156 e. The van der Waals surface area contributed by atoms with Gasteiger partial charge in [0.15, 0.2) is 5.82 Å². The van der Waals surface area contributed by atoms with Gasteiger partial charge < -0.3 is 15.4 Å². The Morgan fingerprint density at radius 1 is 1.30 bits per heavy atom. The Balaban J connectivity index is 0.00000131. The van der Waals surface area contributed by atoms with Crippen molar-refractivity contribution in [1.29, 1.82) is 0 Å². The number of fused-ring (bicyclic) bond motifs is 1. The number of nitrogens with zero attached hydrogens (tertiary/aromatic N) is 4. The number of hydrogen-bond donors (Lipinski definition) is 2. The molecule has 0 radical (unpaired) electrons. The predicted molar refractivity (Wildman–Crippen MR) is 110 cm³/mol. The zero-order valence-electron chi connectivity index (χ0n) is 15.8. The Bertz CT molecular complexity index is 749. The van der Waals surface area contributed by atoms with Crippen LogP contribution in [0.2, 0.25) is 0 Å². The van der Waals surface area contributed by atoms with E-state index in [0.717, 1.165) is 61.8 Å². The molecule has 1 saturated carbocycles. The van der Waals surface area contributed by atoms with E-state index in [9.17, 15) is 0 Å². The smallest absolute Gasteiger partial charge is 0.156 e. The van der Waals surface area contributed by atoms with Crippen LogP contribution in [0, 0.1) is 0 Å². The molecule has 2 aromatic rings. The number of nitrogens with two attached hydrogens (primary N) is 1. The Kier molecular flexibility index (Phi) is 7.45. The highest BCUT2D eigenvalue weighted by Gasteiger charge is 2.30. The maximum absolute atomic E-state index is 5.97. The van der Waals surface area contributed by atoms with E-state index < -0.39 is 0 Å². The quantitative estimate of drug-likeness (QED) is 0.780. The number of hydrogen-bond acceptors (Lipinski definition) is 6. The minimum Gasteiger partial charge on any atom is -0.377 e. The largest absolute Gasteiger partial charge is 0.377 e. The molecule has 0 unspecified atom stereocenters. The molecule has 1 fully saturated rings. The lowest BCUT2D eigenvalue weighted by molar-refractivity contribution is 0.177. The van der Waals surface area contributed by atoms with Gasteiger partial charge in [0, 0.05) is 61.6 Å². The second-order valence-electron chi connectivity index (χ2n) is 7.08. The molecular formula is C18H28Cl2N6O. The number of H-pyrrole nitrogens is 1. The van der Waals surface area contributed by atoms with Crippen molar-refractivity contribution in [2.75, 3.05) is 18.6 Å². The van der Waals surface area contributed by atoms with E-state index in [2.05, 4.69) is 28.1 Å². The molecule has 0 spiro atoms. The van der Waals surface area contributed by atoms with Gasteiger partial charge in [0.25, 0.3) is 0 Å². The van der Waals surface area contributed by atoms with E-state index in [1.54, 1.807) is 7.11 Å². The fourth-order valence-electron chi connectivity index (χ4n) is 3.81. The summed E-state index contributed by atoms with van der Waals surface area (Å²) < 4.78 is 5.27. The lowest BCUT2D eigenvalue weighted by Gasteiger charge is -2.33. The number of aromatic nitrogens is 4. The SMILES string of the molecule is CCc1n[nH]c2c1CN(c1cc(C3CC(N)C3)nc(COC)n1)CC2.Cl.Cl. The number of aryl methyl sites for hydroxylation is 1. The van der Waals surface area contributed by atoms with Gasteiger partial charge in [-0.1, -0.05) is 6.92 Å². The summed E-state index contributed by atoms with van der Waals surface area (Å²) in [4.78, 5) is 11.8. The fraction of sp³-hybridized carbons (Fsp3) is 0.611. The third-order valence-electron chi connectivity index (χ3n) is 5.32. The number of halogens is 2. The van der Waals surface area contributed by atoms with Gasteiger partial charge in [-0.2, -0.15) is 5.10 Å². The summed E-state index contributed by atoms with van der Waals surface area (Å²) >= 11 is 0. The molecule has 2 aromatic heterocycles. The summed E-state index contributed by atoms with van der Waals surface area (Å²) in [5.41, 5.74) is 10.8. The van der Waals surface area contributed by atoms with Gasteiger partial charge in [0.1, 0.15) is 12.4 Å². The van der Waals surface area contributed by atoms with Crippen molar-refractivity contribution in [3.05, 3.63) is 34.5 Å². The molecule has 1 aliphatic heterocycles. The molecule has 9 heteroatoms. The van der Waals surface area contributed by atoms with E-state index in [0.29, 0.717) is 18.6 Å². The number of anilines is 1. The van der Waals surface area contributed by atoms with Crippen molar-refractivity contribution in [3.8, 4) is 0 Å². The summed E-state index contributed by atoms with van der Waals surface area (Å²) in [5, 5.41) is 7.64. The second-order valence-corrected chi connectivity index (χ2v) is 7.08. The highest BCUT2D eigenvalue weighted by molar-refractivity contribution is 5.85. The highest BCUT2D eigenvalue weighted by Crippen LogP contribution is 2.36. The molecule has 150 valence electrons. The molecule has 7 nitrogen and oxygen atoms in total. The Labute approximate surface area is 172 Å². The van der Waals surface area contributed by atoms with Crippen molar-refractivity contribution in [1.82, 2.24) is 20.2 Å². The first-order chi connectivity index (χ1) is 12.2. The zero-order valence-corrected chi connectivity index (χ0v) is 17.4. The third kappa shape index (κ3) is 4.37. The van der Waals surface area contributed by atoms with Crippen LogP contribution >= 0.6 is 24.8 Å². The number of ether oxygens (including phenoxy) is 1. The first-order valence-electron chi connectivity index (χ1n) is 9.10. The van der Waals surface area contributed by atoms with Crippen LogP contribution < -0.4 is 10.6 Å². The molecule has 4 rings (SSSR count). The molecular weight excluding hydrogens is 387 g/mol. The monoisotopic (exact) mass is 414 g/mol. The molecule has 3 N–H and O–H groups in total. The number of nitrogens with one attached hydrogen (secondary N) is 1. The minimum atomic E-state index is 0. The Morgan fingerprint density at radius 2 is 2.07 bits per heavy atom. The van der Waals surface area contributed by atoms with Gasteiger partial charge in [-0.05, 0) is 19.3 Å². The normalized spacial score (nSPS) is 20.9. The summed E-state index contributed by atoms with van der Waals surface area (Å²) in [5.74, 6) is 2.20. The third-order valence-corrected chi connectivity index (χ3v) is 5.32. The lowest BCUT2D eigenvalue weighted by Crippen LogP contribution is -2.36. The molecule has 0 atom stereocenters. The molecule has 0 amide bonds. The summed E-state index contributed by atoms with van der Waals surface area (Å²) in [6.07, 6.45) is 3.93. The molecule has 0 bridgehead atoms. The average Bonchev–Trinajstić information content (AvgIpc) is 3.01. The molecule has 1 aliphatic carbocycles. The summed E-state index contributed by atoms with van der Waals surface area (Å²) in [7, 11) is 1.68. The first-order valence-corrected chi connectivity index (χ1v) is 9.10. The molecule has 2 aliphatic rings. The molecule has 0 aromatic carbocycles. The number of aromatic amines is 1. The van der Waals surface area contributed by atoms with Gasteiger partial charge in [-0.3, -0.25) is 5.10 Å². The van der Waals surface area contributed by atoms with Crippen LogP contribution in [0.5, 0.6) is 0 Å². The molecule has 3 heterocycles. The molecule has 27 heavy (non-hydrogen) atoms. The van der Waals surface area contributed by atoms with Gasteiger partial charge in [0.05, 0.1) is 5.69 Å². The summed E-state index contributed by atoms with van der Waals surface area (Å²) in [6, 6.07) is 2.46. The summed E-state index contributed by atoms with van der Waals surface area (Å²) in [6.45, 7) is 4.37. The van der Waals surface area contributed by atoms with E-state index in [-0.39, 0.29) is 24.8 Å². The van der Waals surface area contributed by atoms with Gasteiger partial charge in [0.2, 0.25) is 0 Å². The Morgan fingerprint density at radius 3 is 2.74 bits per heavy atom. The van der Waals surface area contributed by atoms with Gasteiger partial charge >= 0.3 is 0 Å². The van der Waals surface area contributed by atoms with Crippen LogP contribution in [-0.4, -0.2) is 39.9 Å². The highest BCUT2D eigenvalue weighted by atomic mass is 35.5. The second kappa shape index (κ2) is 9.19. The van der Waals surface area contributed by atoms with E-state index >= 15 is 0 Å². The van der Waals surface area contributed by atoms with E-state index in [4.69, 9.17) is 20.4 Å². The lowest BCUT2D eigenvalue weighted by atomic mass is 9.78. The average molecular weight is 415 g/mol. The standard InChI is InChI=1S/C18H26N6O.2ClH/c1-3-14-13-9-24(5-4-15(13)23-22-14)18-8-16(11-6-12(19)7-11)20-17(21-18)10-25-2;;/h8,11-12H,3-7,9-10,19H2,1-2H3,(H,22,23);2*1H. The number of rotatable bonds is 5. The van der Waals surface area contributed by atoms with Crippen LogP contribution in [0.4, 0.5) is 5.82 Å². The zero-order chi connectivity index (χ0) is 17.4. The maximum atomic E-state index is 5.97.